The van der Waals surface area contributed by atoms with Gasteiger partial charge in [0, 0.05) is 34.3 Å². The predicted octanol–water partition coefficient (Wildman–Crippen LogP) is 4.31. The van der Waals surface area contributed by atoms with Gasteiger partial charge in [-0.3, -0.25) is 9.89 Å². The highest BCUT2D eigenvalue weighted by molar-refractivity contribution is 14.1. The van der Waals surface area contributed by atoms with Crippen molar-refractivity contribution in [3.05, 3.63) is 68.9 Å². The molecule has 2 heterocycles. The standard InChI is InChI=1S/C22H24IN3O/c23-19-6-3-17-13-24-14-18(21(17)12-19)15-25-20-7-4-16(5-8-20)22-2-1-9-26(22)10-11-27/h3-8,12-13,15,22,25,27H,1-2,9-11,14H2. The van der Waals surface area contributed by atoms with Crippen LogP contribution in [0, 0.1) is 3.57 Å². The monoisotopic (exact) mass is 473 g/mol. The fraction of sp³-hybridized carbons (Fsp3) is 0.318. The lowest BCUT2D eigenvalue weighted by molar-refractivity contribution is 0.185. The van der Waals surface area contributed by atoms with E-state index in [9.17, 15) is 5.11 Å². The number of hydrogen-bond donors (Lipinski definition) is 2. The molecule has 1 unspecified atom stereocenters. The van der Waals surface area contributed by atoms with Gasteiger partial charge in [0.2, 0.25) is 0 Å². The highest BCUT2D eigenvalue weighted by atomic mass is 127. The molecule has 0 radical (unpaired) electrons. The molecule has 1 saturated heterocycles. The number of aliphatic imine (C=N–C) groups is 1. The van der Waals surface area contributed by atoms with Crippen molar-refractivity contribution in [1.82, 2.24) is 4.90 Å². The second-order valence-electron chi connectivity index (χ2n) is 7.05. The van der Waals surface area contributed by atoms with E-state index in [1.165, 1.54) is 38.7 Å². The molecule has 5 heteroatoms. The zero-order chi connectivity index (χ0) is 18.6. The van der Waals surface area contributed by atoms with Crippen LogP contribution in [-0.2, 0) is 0 Å². The number of β-amino-alcohol motifs (C(OH)–C–C–N with tert-alkyl or cyclic N) is 1. The van der Waals surface area contributed by atoms with Crippen molar-refractivity contribution in [1.29, 1.82) is 0 Å². The van der Waals surface area contributed by atoms with E-state index in [4.69, 9.17) is 0 Å². The molecule has 0 spiro atoms. The van der Waals surface area contributed by atoms with E-state index in [-0.39, 0.29) is 6.61 Å². The molecule has 27 heavy (non-hydrogen) atoms. The Bertz CT molecular complexity index is 860. The number of nitrogens with zero attached hydrogens (tertiary/aromatic N) is 2. The van der Waals surface area contributed by atoms with Crippen LogP contribution in [0.4, 0.5) is 5.69 Å². The van der Waals surface area contributed by atoms with Gasteiger partial charge in [-0.2, -0.15) is 0 Å². The van der Waals surface area contributed by atoms with E-state index >= 15 is 0 Å². The zero-order valence-corrected chi connectivity index (χ0v) is 17.4. The van der Waals surface area contributed by atoms with Crippen molar-refractivity contribution >= 4 is 40.1 Å². The first kappa shape index (κ1) is 18.7. The molecule has 1 atom stereocenters. The first-order valence-electron chi connectivity index (χ1n) is 9.45. The van der Waals surface area contributed by atoms with Gasteiger partial charge in [-0.05, 0) is 88.5 Å². The predicted molar refractivity (Wildman–Crippen MR) is 120 cm³/mol. The molecule has 1 fully saturated rings. The number of hydrogen-bond acceptors (Lipinski definition) is 4. The van der Waals surface area contributed by atoms with Crippen LogP contribution >= 0.6 is 22.6 Å². The first-order valence-corrected chi connectivity index (χ1v) is 10.5. The lowest BCUT2D eigenvalue weighted by Gasteiger charge is -2.24. The van der Waals surface area contributed by atoms with Gasteiger partial charge in [0.25, 0.3) is 0 Å². The molecule has 0 bridgehead atoms. The number of anilines is 1. The number of aliphatic hydroxyl groups is 1. The Morgan fingerprint density at radius 2 is 2.07 bits per heavy atom. The molecule has 4 rings (SSSR count). The molecule has 0 saturated carbocycles. The normalized spacial score (nSPS) is 20.8. The van der Waals surface area contributed by atoms with Crippen molar-refractivity contribution < 1.29 is 5.11 Å². The maximum absolute atomic E-state index is 9.25. The molecule has 0 amide bonds. The van der Waals surface area contributed by atoms with Crippen LogP contribution in [0.5, 0.6) is 0 Å². The summed E-state index contributed by atoms with van der Waals surface area (Å²) in [5.41, 5.74) is 6.06. The zero-order valence-electron chi connectivity index (χ0n) is 15.2. The summed E-state index contributed by atoms with van der Waals surface area (Å²) in [5.74, 6) is 0. The van der Waals surface area contributed by atoms with Crippen molar-refractivity contribution in [2.75, 3.05) is 31.6 Å². The molecule has 2 N–H and O–H groups in total. The number of likely N-dealkylation sites (tertiary alicyclic amines) is 1. The second-order valence-corrected chi connectivity index (χ2v) is 8.30. The van der Waals surface area contributed by atoms with Gasteiger partial charge < -0.3 is 10.4 Å². The Balaban J connectivity index is 1.47. The van der Waals surface area contributed by atoms with Crippen LogP contribution in [0.2, 0.25) is 0 Å². The van der Waals surface area contributed by atoms with Gasteiger partial charge in [0.15, 0.2) is 0 Å². The third-order valence-electron chi connectivity index (χ3n) is 5.31. The average Bonchev–Trinajstić information content (AvgIpc) is 3.15. The van der Waals surface area contributed by atoms with Crippen LogP contribution in [0.1, 0.15) is 35.6 Å². The molecular formula is C22H24IN3O. The van der Waals surface area contributed by atoms with E-state index in [1.54, 1.807) is 0 Å². The number of halogens is 1. The minimum absolute atomic E-state index is 0.229. The SMILES string of the molecule is OCCN1CCCC1c1ccc(NC=C2CN=Cc3ccc(I)cc32)cc1. The molecule has 4 nitrogen and oxygen atoms in total. The van der Waals surface area contributed by atoms with Crippen LogP contribution in [0.25, 0.3) is 5.57 Å². The quantitative estimate of drug-likeness (QED) is 0.637. The van der Waals surface area contributed by atoms with Gasteiger partial charge in [-0.15, -0.1) is 0 Å². The van der Waals surface area contributed by atoms with Crippen molar-refractivity contribution in [3.63, 3.8) is 0 Å². The van der Waals surface area contributed by atoms with Gasteiger partial charge in [0.1, 0.15) is 0 Å². The number of fused-ring (bicyclic) bond motifs is 1. The fourth-order valence-corrected chi connectivity index (χ4v) is 4.43. The van der Waals surface area contributed by atoms with Crippen molar-refractivity contribution in [2.24, 2.45) is 4.99 Å². The van der Waals surface area contributed by atoms with Gasteiger partial charge in [-0.25, -0.2) is 0 Å². The number of benzene rings is 2. The third-order valence-corrected chi connectivity index (χ3v) is 5.98. The Labute approximate surface area is 174 Å². The van der Waals surface area contributed by atoms with Crippen LogP contribution in [0.3, 0.4) is 0 Å². The minimum atomic E-state index is 0.229. The third kappa shape index (κ3) is 4.25. The lowest BCUT2D eigenvalue weighted by Crippen LogP contribution is -2.26. The summed E-state index contributed by atoms with van der Waals surface area (Å²) in [6.07, 6.45) is 6.41. The van der Waals surface area contributed by atoms with E-state index in [2.05, 4.69) is 86.5 Å². The summed E-state index contributed by atoms with van der Waals surface area (Å²) >= 11 is 2.35. The van der Waals surface area contributed by atoms with Crippen molar-refractivity contribution in [3.8, 4) is 0 Å². The maximum Gasteiger partial charge on any atom is 0.0660 e. The van der Waals surface area contributed by atoms with E-state index in [1.807, 2.05) is 6.21 Å². The molecule has 140 valence electrons. The summed E-state index contributed by atoms with van der Waals surface area (Å²) in [6, 6.07) is 15.6. The summed E-state index contributed by atoms with van der Waals surface area (Å²) in [6.45, 7) is 2.77. The molecule has 0 aromatic heterocycles. The highest BCUT2D eigenvalue weighted by Crippen LogP contribution is 2.32. The lowest BCUT2D eigenvalue weighted by atomic mass is 9.99. The summed E-state index contributed by atoms with van der Waals surface area (Å²) in [7, 11) is 0. The molecule has 0 aliphatic carbocycles. The molecule has 2 aromatic carbocycles. The number of rotatable bonds is 5. The van der Waals surface area contributed by atoms with Gasteiger partial charge in [-0.1, -0.05) is 18.2 Å². The van der Waals surface area contributed by atoms with Crippen LogP contribution in [0.15, 0.2) is 53.7 Å². The largest absolute Gasteiger partial charge is 0.395 e. The van der Waals surface area contributed by atoms with Crippen LogP contribution < -0.4 is 5.32 Å². The van der Waals surface area contributed by atoms with E-state index < -0.39 is 0 Å². The first-order chi connectivity index (χ1) is 13.2. The summed E-state index contributed by atoms with van der Waals surface area (Å²) < 4.78 is 1.24. The van der Waals surface area contributed by atoms with E-state index in [0.717, 1.165) is 18.8 Å². The van der Waals surface area contributed by atoms with Crippen molar-refractivity contribution in [2.45, 2.75) is 18.9 Å². The fourth-order valence-electron chi connectivity index (χ4n) is 3.94. The number of nitrogens with one attached hydrogen (secondary N) is 1. The Morgan fingerprint density at radius 1 is 1.22 bits per heavy atom. The minimum Gasteiger partial charge on any atom is -0.395 e. The maximum atomic E-state index is 9.25. The molecule has 2 aliphatic heterocycles. The second kappa shape index (κ2) is 8.54. The van der Waals surface area contributed by atoms with Gasteiger partial charge >= 0.3 is 0 Å². The summed E-state index contributed by atoms with van der Waals surface area (Å²) in [4.78, 5) is 6.85. The molecule has 2 aliphatic rings. The van der Waals surface area contributed by atoms with Crippen LogP contribution in [-0.4, -0.2) is 42.5 Å². The Morgan fingerprint density at radius 3 is 2.89 bits per heavy atom. The number of aliphatic hydroxyl groups excluding tert-OH is 1. The Hall–Kier alpha value is -1.70. The summed E-state index contributed by atoms with van der Waals surface area (Å²) in [5, 5.41) is 12.7. The van der Waals surface area contributed by atoms with Gasteiger partial charge in [0.05, 0.1) is 13.2 Å². The molecule has 2 aromatic rings. The smallest absolute Gasteiger partial charge is 0.0660 e. The topological polar surface area (TPSA) is 47.9 Å². The van der Waals surface area contributed by atoms with E-state index in [0.29, 0.717) is 12.6 Å². The highest BCUT2D eigenvalue weighted by Gasteiger charge is 2.25. The molecular weight excluding hydrogens is 449 g/mol. The Kier molecular flexibility index (Phi) is 5.90. The average molecular weight is 473 g/mol.